The summed E-state index contributed by atoms with van der Waals surface area (Å²) in [7, 11) is -2.07. The lowest BCUT2D eigenvalue weighted by molar-refractivity contribution is 0.238. The molecule has 0 saturated carbocycles. The van der Waals surface area contributed by atoms with Gasteiger partial charge in [0, 0.05) is 13.1 Å². The third-order valence-corrected chi connectivity index (χ3v) is 5.17. The lowest BCUT2D eigenvalue weighted by Crippen LogP contribution is -2.45. The third kappa shape index (κ3) is 3.50. The molecule has 0 bridgehead atoms. The molecule has 0 amide bonds. The first-order valence-electron chi connectivity index (χ1n) is 6.80. The summed E-state index contributed by atoms with van der Waals surface area (Å²) in [4.78, 5) is 0.190. The van der Waals surface area contributed by atoms with Crippen molar-refractivity contribution in [1.82, 2.24) is 10.0 Å². The Bertz CT molecular complexity index is 551. The van der Waals surface area contributed by atoms with Gasteiger partial charge in [0.1, 0.15) is 10.6 Å². The fraction of sp³-hybridized carbons (Fsp3) is 0.571. The van der Waals surface area contributed by atoms with Gasteiger partial charge in [0.2, 0.25) is 10.0 Å². The second kappa shape index (κ2) is 6.11. The van der Waals surface area contributed by atoms with E-state index < -0.39 is 10.0 Å². The summed E-state index contributed by atoms with van der Waals surface area (Å²) in [6, 6.07) is 6.66. The van der Waals surface area contributed by atoms with Crippen molar-refractivity contribution in [3.63, 3.8) is 0 Å². The predicted octanol–water partition coefficient (Wildman–Crippen LogP) is 1.36. The quantitative estimate of drug-likeness (QED) is 0.861. The van der Waals surface area contributed by atoms with Crippen LogP contribution in [-0.4, -0.2) is 35.2 Å². The number of hydrogen-bond acceptors (Lipinski definition) is 4. The zero-order chi connectivity index (χ0) is 14.6. The van der Waals surface area contributed by atoms with Crippen LogP contribution in [0.4, 0.5) is 0 Å². The van der Waals surface area contributed by atoms with Crippen LogP contribution in [0.1, 0.15) is 19.8 Å². The molecule has 5 nitrogen and oxygen atoms in total. The summed E-state index contributed by atoms with van der Waals surface area (Å²) < 4.78 is 32.6. The molecule has 0 spiro atoms. The molecule has 1 aliphatic rings. The molecule has 1 aromatic rings. The molecule has 0 aliphatic carbocycles. The lowest BCUT2D eigenvalue weighted by atomic mass is 9.83. The first-order valence-corrected chi connectivity index (χ1v) is 8.29. The van der Waals surface area contributed by atoms with E-state index in [-0.39, 0.29) is 10.3 Å². The normalized spacial score (nSPS) is 23.5. The van der Waals surface area contributed by atoms with Crippen LogP contribution in [0.3, 0.4) is 0 Å². The summed E-state index contributed by atoms with van der Waals surface area (Å²) in [6.07, 6.45) is 2.10. The van der Waals surface area contributed by atoms with Crippen LogP contribution >= 0.6 is 0 Å². The van der Waals surface area contributed by atoms with Gasteiger partial charge in [-0.15, -0.1) is 0 Å². The Balaban J connectivity index is 2.11. The maximum atomic E-state index is 12.4. The van der Waals surface area contributed by atoms with Crippen molar-refractivity contribution in [3.8, 4) is 5.75 Å². The highest BCUT2D eigenvalue weighted by Gasteiger charge is 2.29. The van der Waals surface area contributed by atoms with Gasteiger partial charge >= 0.3 is 0 Å². The summed E-state index contributed by atoms with van der Waals surface area (Å²) in [5, 5.41) is 3.31. The van der Waals surface area contributed by atoms with Gasteiger partial charge in [-0.05, 0) is 36.9 Å². The van der Waals surface area contributed by atoms with E-state index in [4.69, 9.17) is 4.74 Å². The molecule has 0 radical (unpaired) electrons. The minimum Gasteiger partial charge on any atom is -0.495 e. The van der Waals surface area contributed by atoms with Crippen molar-refractivity contribution < 1.29 is 13.2 Å². The average molecular weight is 298 g/mol. The Morgan fingerprint density at radius 3 is 2.80 bits per heavy atom. The molecule has 6 heteroatoms. The van der Waals surface area contributed by atoms with Crippen molar-refractivity contribution in [2.75, 3.05) is 26.7 Å². The molecule has 2 N–H and O–H groups in total. The van der Waals surface area contributed by atoms with E-state index in [1.807, 2.05) is 0 Å². The SMILES string of the molecule is COc1ccccc1S(=O)(=O)NCC1(C)CCCNC1. The van der Waals surface area contributed by atoms with Crippen LogP contribution in [0.25, 0.3) is 0 Å². The molecule has 112 valence electrons. The Morgan fingerprint density at radius 1 is 1.40 bits per heavy atom. The Labute approximate surface area is 120 Å². The fourth-order valence-electron chi connectivity index (χ4n) is 2.46. The van der Waals surface area contributed by atoms with Gasteiger partial charge < -0.3 is 10.1 Å². The number of benzene rings is 1. The number of piperidine rings is 1. The molecule has 1 aliphatic heterocycles. The number of sulfonamides is 1. The fourth-order valence-corrected chi connectivity index (χ4v) is 3.83. The Morgan fingerprint density at radius 2 is 2.15 bits per heavy atom. The van der Waals surface area contributed by atoms with E-state index >= 15 is 0 Å². The molecule has 2 rings (SSSR count). The number of methoxy groups -OCH3 is 1. The number of nitrogens with one attached hydrogen (secondary N) is 2. The topological polar surface area (TPSA) is 67.4 Å². The minimum absolute atomic E-state index is 0.0344. The molecule has 1 heterocycles. The van der Waals surface area contributed by atoms with E-state index in [1.165, 1.54) is 7.11 Å². The average Bonchev–Trinajstić information content (AvgIpc) is 2.46. The minimum atomic E-state index is -3.54. The van der Waals surface area contributed by atoms with Crippen LogP contribution in [0, 0.1) is 5.41 Å². The maximum Gasteiger partial charge on any atom is 0.244 e. The summed E-state index contributed by atoms with van der Waals surface area (Å²) in [5.41, 5.74) is -0.0344. The number of para-hydroxylation sites is 1. The van der Waals surface area contributed by atoms with E-state index in [0.717, 1.165) is 25.9 Å². The van der Waals surface area contributed by atoms with Crippen molar-refractivity contribution in [2.45, 2.75) is 24.7 Å². The molecule has 1 unspecified atom stereocenters. The summed E-state index contributed by atoms with van der Waals surface area (Å²) >= 11 is 0. The van der Waals surface area contributed by atoms with Crippen LogP contribution in [-0.2, 0) is 10.0 Å². The molecule has 1 fully saturated rings. The van der Waals surface area contributed by atoms with Crippen molar-refractivity contribution in [2.24, 2.45) is 5.41 Å². The highest BCUT2D eigenvalue weighted by Crippen LogP contribution is 2.27. The zero-order valence-corrected chi connectivity index (χ0v) is 12.8. The van der Waals surface area contributed by atoms with E-state index in [0.29, 0.717) is 12.3 Å². The van der Waals surface area contributed by atoms with Gasteiger partial charge in [-0.2, -0.15) is 0 Å². The van der Waals surface area contributed by atoms with Crippen molar-refractivity contribution >= 4 is 10.0 Å². The largest absolute Gasteiger partial charge is 0.495 e. The highest BCUT2D eigenvalue weighted by molar-refractivity contribution is 7.89. The number of ether oxygens (including phenoxy) is 1. The first-order chi connectivity index (χ1) is 9.47. The highest BCUT2D eigenvalue weighted by atomic mass is 32.2. The van der Waals surface area contributed by atoms with Gasteiger partial charge in [0.25, 0.3) is 0 Å². The van der Waals surface area contributed by atoms with Crippen LogP contribution in [0.2, 0.25) is 0 Å². The van der Waals surface area contributed by atoms with Crippen LogP contribution < -0.4 is 14.8 Å². The van der Waals surface area contributed by atoms with E-state index in [1.54, 1.807) is 24.3 Å². The van der Waals surface area contributed by atoms with Gasteiger partial charge in [-0.25, -0.2) is 13.1 Å². The second-order valence-corrected chi connectivity index (χ2v) is 7.30. The van der Waals surface area contributed by atoms with Gasteiger partial charge in [-0.3, -0.25) is 0 Å². The summed E-state index contributed by atoms with van der Waals surface area (Å²) in [5.74, 6) is 0.368. The third-order valence-electron chi connectivity index (χ3n) is 3.73. The number of hydrogen-bond donors (Lipinski definition) is 2. The zero-order valence-electron chi connectivity index (χ0n) is 12.0. The Hall–Kier alpha value is -1.11. The Kier molecular flexibility index (Phi) is 4.67. The molecule has 0 aromatic heterocycles. The lowest BCUT2D eigenvalue weighted by Gasteiger charge is -2.34. The van der Waals surface area contributed by atoms with Crippen LogP contribution in [0.5, 0.6) is 5.75 Å². The van der Waals surface area contributed by atoms with E-state index in [2.05, 4.69) is 17.0 Å². The first kappa shape index (κ1) is 15.3. The second-order valence-electron chi connectivity index (χ2n) is 5.57. The van der Waals surface area contributed by atoms with Gasteiger partial charge in [-0.1, -0.05) is 19.1 Å². The molecular formula is C14H22N2O3S. The summed E-state index contributed by atoms with van der Waals surface area (Å²) in [6.45, 7) is 4.38. The molecular weight excluding hydrogens is 276 g/mol. The van der Waals surface area contributed by atoms with Crippen molar-refractivity contribution in [1.29, 1.82) is 0 Å². The van der Waals surface area contributed by atoms with E-state index in [9.17, 15) is 8.42 Å². The smallest absolute Gasteiger partial charge is 0.244 e. The molecule has 1 aromatic carbocycles. The monoisotopic (exact) mass is 298 g/mol. The van der Waals surface area contributed by atoms with Crippen molar-refractivity contribution in [3.05, 3.63) is 24.3 Å². The predicted molar refractivity (Wildman–Crippen MR) is 78.4 cm³/mol. The van der Waals surface area contributed by atoms with Crippen LogP contribution in [0.15, 0.2) is 29.2 Å². The maximum absolute atomic E-state index is 12.4. The number of rotatable bonds is 5. The van der Waals surface area contributed by atoms with Gasteiger partial charge in [0.15, 0.2) is 0 Å². The molecule has 1 atom stereocenters. The molecule has 1 saturated heterocycles. The molecule has 20 heavy (non-hydrogen) atoms. The van der Waals surface area contributed by atoms with Gasteiger partial charge in [0.05, 0.1) is 7.11 Å². The standard InChI is InChI=1S/C14H22N2O3S/c1-14(8-5-9-15-10-14)11-16-20(17,18)13-7-4-3-6-12(13)19-2/h3-4,6-7,15-16H,5,8-11H2,1-2H3.